The van der Waals surface area contributed by atoms with E-state index in [4.69, 9.17) is 16.3 Å². The first kappa shape index (κ1) is 12.3. The molecule has 1 N–H and O–H groups in total. The molecule has 0 unspecified atom stereocenters. The smallest absolute Gasteiger partial charge is 0.251 e. The Bertz CT molecular complexity index is 357. The van der Waals surface area contributed by atoms with Gasteiger partial charge in [-0.3, -0.25) is 4.79 Å². The Morgan fingerprint density at radius 1 is 1.60 bits per heavy atom. The molecule has 5 heteroatoms. The Labute approximate surface area is 102 Å². The van der Waals surface area contributed by atoms with Crippen LogP contribution in [0.4, 0.5) is 0 Å². The molecule has 0 fully saturated rings. The van der Waals surface area contributed by atoms with E-state index in [1.807, 2.05) is 0 Å². The number of ether oxygens (including phenoxy) is 1. The van der Waals surface area contributed by atoms with Gasteiger partial charge in [0.15, 0.2) is 0 Å². The summed E-state index contributed by atoms with van der Waals surface area (Å²) in [5.74, 6) is 0.964. The third-order valence-electron chi connectivity index (χ3n) is 1.79. The number of benzene rings is 1. The van der Waals surface area contributed by atoms with Crippen LogP contribution in [0.3, 0.4) is 0 Å². The second kappa shape index (κ2) is 5.98. The highest BCUT2D eigenvalue weighted by atomic mass is 79.9. The molecule has 0 heterocycles. The van der Waals surface area contributed by atoms with Crippen molar-refractivity contribution >= 4 is 33.4 Å². The first-order chi connectivity index (χ1) is 7.19. The van der Waals surface area contributed by atoms with Gasteiger partial charge in [0.1, 0.15) is 5.75 Å². The molecule has 1 amide bonds. The number of hydrogen-bond acceptors (Lipinski definition) is 2. The summed E-state index contributed by atoms with van der Waals surface area (Å²) >= 11 is 8.78. The largest absolute Gasteiger partial charge is 0.496 e. The van der Waals surface area contributed by atoms with E-state index >= 15 is 0 Å². The van der Waals surface area contributed by atoms with Crippen molar-refractivity contribution in [2.45, 2.75) is 0 Å². The molecule has 1 aromatic carbocycles. The van der Waals surface area contributed by atoms with Crippen molar-refractivity contribution in [1.29, 1.82) is 0 Å². The number of rotatable bonds is 4. The van der Waals surface area contributed by atoms with E-state index in [2.05, 4.69) is 21.2 Å². The zero-order valence-corrected chi connectivity index (χ0v) is 10.6. The van der Waals surface area contributed by atoms with Gasteiger partial charge in [0.05, 0.1) is 11.6 Å². The number of amides is 1. The SMILES string of the molecule is COc1ccc(C(=O)NCCCl)cc1Br. The zero-order chi connectivity index (χ0) is 11.3. The third kappa shape index (κ3) is 3.39. The van der Waals surface area contributed by atoms with Gasteiger partial charge < -0.3 is 10.1 Å². The van der Waals surface area contributed by atoms with Crippen molar-refractivity contribution in [3.8, 4) is 5.75 Å². The molecule has 1 rings (SSSR count). The Hall–Kier alpha value is -0.740. The van der Waals surface area contributed by atoms with Crippen LogP contribution in [0.5, 0.6) is 5.75 Å². The molecule has 0 saturated carbocycles. The molecule has 1 aromatic rings. The van der Waals surface area contributed by atoms with Crippen molar-refractivity contribution < 1.29 is 9.53 Å². The van der Waals surface area contributed by atoms with Crippen LogP contribution >= 0.6 is 27.5 Å². The Kier molecular flexibility index (Phi) is 4.91. The Morgan fingerprint density at radius 2 is 2.33 bits per heavy atom. The fraction of sp³-hybridized carbons (Fsp3) is 0.300. The molecular weight excluding hydrogens is 281 g/mol. The minimum atomic E-state index is -0.140. The summed E-state index contributed by atoms with van der Waals surface area (Å²) in [4.78, 5) is 11.5. The van der Waals surface area contributed by atoms with E-state index in [1.54, 1.807) is 25.3 Å². The van der Waals surface area contributed by atoms with Crippen molar-refractivity contribution in [3.63, 3.8) is 0 Å². The molecule has 0 aliphatic heterocycles. The van der Waals surface area contributed by atoms with Crippen LogP contribution in [-0.4, -0.2) is 25.4 Å². The summed E-state index contributed by atoms with van der Waals surface area (Å²) in [5.41, 5.74) is 0.577. The predicted octanol–water partition coefficient (Wildman–Crippen LogP) is 2.43. The minimum absolute atomic E-state index is 0.140. The maximum absolute atomic E-state index is 11.5. The van der Waals surface area contributed by atoms with Gasteiger partial charge >= 0.3 is 0 Å². The van der Waals surface area contributed by atoms with Gasteiger partial charge in [0.25, 0.3) is 5.91 Å². The van der Waals surface area contributed by atoms with Crippen molar-refractivity contribution in [2.75, 3.05) is 19.5 Å². The second-order valence-corrected chi connectivity index (χ2v) is 4.03. The monoisotopic (exact) mass is 291 g/mol. The van der Waals surface area contributed by atoms with Crippen LogP contribution in [-0.2, 0) is 0 Å². The molecule has 0 aliphatic rings. The van der Waals surface area contributed by atoms with Crippen molar-refractivity contribution in [3.05, 3.63) is 28.2 Å². The second-order valence-electron chi connectivity index (χ2n) is 2.79. The molecule has 0 radical (unpaired) electrons. The van der Waals surface area contributed by atoms with Crippen LogP contribution in [0, 0.1) is 0 Å². The summed E-state index contributed by atoms with van der Waals surface area (Å²) in [6.45, 7) is 0.462. The minimum Gasteiger partial charge on any atom is -0.496 e. The lowest BCUT2D eigenvalue weighted by Crippen LogP contribution is -2.25. The van der Waals surface area contributed by atoms with Gasteiger partial charge in [-0.05, 0) is 34.1 Å². The van der Waals surface area contributed by atoms with Crippen LogP contribution < -0.4 is 10.1 Å². The maximum Gasteiger partial charge on any atom is 0.251 e. The molecule has 0 spiro atoms. The number of halogens is 2. The van der Waals surface area contributed by atoms with E-state index < -0.39 is 0 Å². The maximum atomic E-state index is 11.5. The summed E-state index contributed by atoms with van der Waals surface area (Å²) in [5, 5.41) is 2.68. The summed E-state index contributed by atoms with van der Waals surface area (Å²) in [6, 6.07) is 5.15. The quantitative estimate of drug-likeness (QED) is 0.866. The normalized spacial score (nSPS) is 9.80. The number of hydrogen-bond donors (Lipinski definition) is 1. The molecule has 0 bridgehead atoms. The number of nitrogens with one attached hydrogen (secondary N) is 1. The zero-order valence-electron chi connectivity index (χ0n) is 8.22. The average molecular weight is 293 g/mol. The van der Waals surface area contributed by atoms with Gasteiger partial charge in [-0.1, -0.05) is 0 Å². The van der Waals surface area contributed by atoms with Gasteiger partial charge in [-0.15, -0.1) is 11.6 Å². The lowest BCUT2D eigenvalue weighted by atomic mass is 10.2. The summed E-state index contributed by atoms with van der Waals surface area (Å²) in [6.07, 6.45) is 0. The summed E-state index contributed by atoms with van der Waals surface area (Å²) in [7, 11) is 1.58. The molecule has 0 atom stereocenters. The number of carbonyl (C=O) groups excluding carboxylic acids is 1. The van der Waals surface area contributed by atoms with E-state index in [9.17, 15) is 4.79 Å². The molecule has 0 aliphatic carbocycles. The standard InChI is InChI=1S/C10H11BrClNO2/c1-15-9-3-2-7(6-8(9)11)10(14)13-5-4-12/h2-3,6H,4-5H2,1H3,(H,13,14). The Morgan fingerprint density at radius 3 is 2.87 bits per heavy atom. The van der Waals surface area contributed by atoms with Crippen LogP contribution in [0.15, 0.2) is 22.7 Å². The number of methoxy groups -OCH3 is 1. The predicted molar refractivity (Wildman–Crippen MR) is 63.7 cm³/mol. The third-order valence-corrected chi connectivity index (χ3v) is 2.60. The van der Waals surface area contributed by atoms with E-state index in [0.29, 0.717) is 23.7 Å². The Balaban J connectivity index is 2.78. The highest BCUT2D eigenvalue weighted by molar-refractivity contribution is 9.10. The van der Waals surface area contributed by atoms with E-state index in [0.717, 1.165) is 4.47 Å². The lowest BCUT2D eigenvalue weighted by molar-refractivity contribution is 0.0956. The molecule has 0 aromatic heterocycles. The van der Waals surface area contributed by atoms with Gasteiger partial charge in [0.2, 0.25) is 0 Å². The van der Waals surface area contributed by atoms with Crippen molar-refractivity contribution in [2.24, 2.45) is 0 Å². The highest BCUT2D eigenvalue weighted by Crippen LogP contribution is 2.25. The topological polar surface area (TPSA) is 38.3 Å². The number of carbonyl (C=O) groups is 1. The molecule has 3 nitrogen and oxygen atoms in total. The fourth-order valence-corrected chi connectivity index (χ4v) is 1.71. The average Bonchev–Trinajstić information content (AvgIpc) is 2.25. The van der Waals surface area contributed by atoms with Crippen LogP contribution in [0.2, 0.25) is 0 Å². The van der Waals surface area contributed by atoms with E-state index in [1.165, 1.54) is 0 Å². The molecule has 82 valence electrons. The molecule has 0 saturated heterocycles. The first-order valence-corrected chi connectivity index (χ1v) is 5.69. The fourth-order valence-electron chi connectivity index (χ4n) is 1.07. The van der Waals surface area contributed by atoms with Crippen molar-refractivity contribution in [1.82, 2.24) is 5.32 Å². The van der Waals surface area contributed by atoms with Crippen LogP contribution in [0.25, 0.3) is 0 Å². The van der Waals surface area contributed by atoms with Gasteiger partial charge in [-0.25, -0.2) is 0 Å². The summed E-state index contributed by atoms with van der Waals surface area (Å²) < 4.78 is 5.81. The number of alkyl halides is 1. The van der Waals surface area contributed by atoms with E-state index in [-0.39, 0.29) is 5.91 Å². The highest BCUT2D eigenvalue weighted by Gasteiger charge is 2.07. The molecule has 15 heavy (non-hydrogen) atoms. The first-order valence-electron chi connectivity index (χ1n) is 4.36. The lowest BCUT2D eigenvalue weighted by Gasteiger charge is -2.06. The van der Waals surface area contributed by atoms with Gasteiger partial charge in [-0.2, -0.15) is 0 Å². The van der Waals surface area contributed by atoms with Gasteiger partial charge in [0, 0.05) is 18.0 Å². The van der Waals surface area contributed by atoms with Crippen LogP contribution in [0.1, 0.15) is 10.4 Å². The molecular formula is C10H11BrClNO2.